The van der Waals surface area contributed by atoms with Gasteiger partial charge in [-0.15, -0.1) is 0 Å². The molecule has 0 bridgehead atoms. The Kier molecular flexibility index (Phi) is 6.67. The second kappa shape index (κ2) is 8.09. The van der Waals surface area contributed by atoms with Crippen molar-refractivity contribution in [3.05, 3.63) is 29.8 Å². The second-order valence-corrected chi connectivity index (χ2v) is 4.15. The third-order valence-corrected chi connectivity index (χ3v) is 2.69. The zero-order valence-electron chi connectivity index (χ0n) is 11.0. The summed E-state index contributed by atoms with van der Waals surface area (Å²) in [7, 11) is 0. The maximum Gasteiger partial charge on any atom is 0.119 e. The highest BCUT2D eigenvalue weighted by Crippen LogP contribution is 2.13. The van der Waals surface area contributed by atoms with Crippen molar-refractivity contribution in [2.75, 3.05) is 26.2 Å². The molecule has 17 heavy (non-hydrogen) atoms. The summed E-state index contributed by atoms with van der Waals surface area (Å²) in [5.41, 5.74) is 6.89. The van der Waals surface area contributed by atoms with E-state index in [4.69, 9.17) is 10.5 Å². The van der Waals surface area contributed by atoms with Crippen LogP contribution in [0.15, 0.2) is 24.3 Å². The van der Waals surface area contributed by atoms with Gasteiger partial charge in [-0.2, -0.15) is 0 Å². The van der Waals surface area contributed by atoms with Gasteiger partial charge in [0.2, 0.25) is 0 Å². The lowest BCUT2D eigenvalue weighted by atomic mass is 10.2. The van der Waals surface area contributed by atoms with Crippen LogP contribution in [0.4, 0.5) is 0 Å². The molecule has 0 radical (unpaired) electrons. The van der Waals surface area contributed by atoms with Crippen molar-refractivity contribution < 1.29 is 4.74 Å². The minimum Gasteiger partial charge on any atom is -0.494 e. The lowest BCUT2D eigenvalue weighted by molar-refractivity contribution is 0.287. The fourth-order valence-electron chi connectivity index (χ4n) is 1.70. The minimum atomic E-state index is 0.714. The van der Waals surface area contributed by atoms with Crippen molar-refractivity contribution in [3.8, 4) is 5.75 Å². The van der Waals surface area contributed by atoms with Gasteiger partial charge in [0, 0.05) is 19.6 Å². The van der Waals surface area contributed by atoms with Crippen molar-refractivity contribution in [1.82, 2.24) is 4.90 Å². The van der Waals surface area contributed by atoms with Crippen LogP contribution in [0.2, 0.25) is 0 Å². The van der Waals surface area contributed by atoms with Gasteiger partial charge >= 0.3 is 0 Å². The Hall–Kier alpha value is -1.06. The zero-order chi connectivity index (χ0) is 12.5. The van der Waals surface area contributed by atoms with Gasteiger partial charge in [-0.1, -0.05) is 26.0 Å². The lowest BCUT2D eigenvalue weighted by Crippen LogP contribution is -2.28. The molecule has 0 aliphatic carbocycles. The average molecular weight is 236 g/mol. The van der Waals surface area contributed by atoms with Crippen LogP contribution in [0.3, 0.4) is 0 Å². The van der Waals surface area contributed by atoms with Crippen LogP contribution in [0, 0.1) is 0 Å². The summed E-state index contributed by atoms with van der Waals surface area (Å²) in [6.07, 6.45) is 1.04. The molecule has 0 aliphatic rings. The highest BCUT2D eigenvalue weighted by molar-refractivity contribution is 5.27. The third-order valence-electron chi connectivity index (χ3n) is 2.69. The van der Waals surface area contributed by atoms with Crippen molar-refractivity contribution >= 4 is 0 Å². The van der Waals surface area contributed by atoms with Crippen LogP contribution in [0.25, 0.3) is 0 Å². The smallest absolute Gasteiger partial charge is 0.119 e. The normalized spacial score (nSPS) is 10.8. The molecule has 0 fully saturated rings. The number of nitrogens with zero attached hydrogens (tertiary/aromatic N) is 1. The standard InChI is InChI=1S/C14H24N2O/c1-3-11-17-14-7-5-13(6-8-14)12-16(4-2)10-9-15/h5-8H,3-4,9-12,15H2,1-2H3. The molecule has 0 spiro atoms. The molecule has 0 saturated heterocycles. The summed E-state index contributed by atoms with van der Waals surface area (Å²) in [5.74, 6) is 0.956. The first-order valence-electron chi connectivity index (χ1n) is 6.44. The number of likely N-dealkylation sites (N-methyl/N-ethyl adjacent to an activating group) is 1. The SMILES string of the molecule is CCCOc1ccc(CN(CC)CCN)cc1. The first-order valence-corrected chi connectivity index (χ1v) is 6.44. The van der Waals surface area contributed by atoms with Gasteiger partial charge in [0.1, 0.15) is 5.75 Å². The number of hydrogen-bond acceptors (Lipinski definition) is 3. The molecule has 1 aromatic carbocycles. The largest absolute Gasteiger partial charge is 0.494 e. The maximum absolute atomic E-state index is 5.58. The number of benzene rings is 1. The van der Waals surface area contributed by atoms with Crippen molar-refractivity contribution in [3.63, 3.8) is 0 Å². The second-order valence-electron chi connectivity index (χ2n) is 4.15. The molecule has 0 atom stereocenters. The summed E-state index contributed by atoms with van der Waals surface area (Å²) >= 11 is 0. The Morgan fingerprint density at radius 3 is 2.41 bits per heavy atom. The molecule has 0 unspecified atom stereocenters. The Bertz CT molecular complexity index is 298. The maximum atomic E-state index is 5.58. The zero-order valence-corrected chi connectivity index (χ0v) is 11.0. The predicted octanol–water partition coefficient (Wildman–Crippen LogP) is 2.26. The topological polar surface area (TPSA) is 38.5 Å². The van der Waals surface area contributed by atoms with Gasteiger partial charge in [-0.25, -0.2) is 0 Å². The van der Waals surface area contributed by atoms with E-state index in [1.54, 1.807) is 0 Å². The van der Waals surface area contributed by atoms with Crippen LogP contribution in [-0.2, 0) is 6.54 Å². The number of rotatable bonds is 8. The van der Waals surface area contributed by atoms with Gasteiger partial charge in [0.25, 0.3) is 0 Å². The summed E-state index contributed by atoms with van der Waals surface area (Å²) in [5, 5.41) is 0. The Morgan fingerprint density at radius 2 is 1.88 bits per heavy atom. The Morgan fingerprint density at radius 1 is 1.18 bits per heavy atom. The summed E-state index contributed by atoms with van der Waals surface area (Å²) in [4.78, 5) is 2.34. The first kappa shape index (κ1) is 14.0. The molecule has 0 saturated carbocycles. The molecule has 3 nitrogen and oxygen atoms in total. The Balaban J connectivity index is 2.49. The van der Waals surface area contributed by atoms with Crippen LogP contribution < -0.4 is 10.5 Å². The number of hydrogen-bond donors (Lipinski definition) is 1. The van der Waals surface area contributed by atoms with Gasteiger partial charge in [0.15, 0.2) is 0 Å². The van der Waals surface area contributed by atoms with E-state index >= 15 is 0 Å². The van der Waals surface area contributed by atoms with Gasteiger partial charge in [-0.3, -0.25) is 4.90 Å². The minimum absolute atomic E-state index is 0.714. The highest BCUT2D eigenvalue weighted by atomic mass is 16.5. The Labute approximate surface area is 105 Å². The molecule has 96 valence electrons. The molecular formula is C14H24N2O. The molecular weight excluding hydrogens is 212 g/mol. The van der Waals surface area contributed by atoms with E-state index in [1.807, 2.05) is 12.1 Å². The molecule has 1 rings (SSSR count). The third kappa shape index (κ3) is 5.20. The number of ether oxygens (including phenoxy) is 1. The van der Waals surface area contributed by atoms with E-state index in [1.165, 1.54) is 5.56 Å². The number of nitrogens with two attached hydrogens (primary N) is 1. The molecule has 0 amide bonds. The fourth-order valence-corrected chi connectivity index (χ4v) is 1.70. The first-order chi connectivity index (χ1) is 8.30. The molecule has 0 aliphatic heterocycles. The van der Waals surface area contributed by atoms with Gasteiger partial charge in [0.05, 0.1) is 6.61 Å². The monoisotopic (exact) mass is 236 g/mol. The van der Waals surface area contributed by atoms with E-state index in [2.05, 4.69) is 30.9 Å². The van der Waals surface area contributed by atoms with Crippen LogP contribution in [0.1, 0.15) is 25.8 Å². The highest BCUT2D eigenvalue weighted by Gasteiger charge is 2.02. The molecule has 2 N–H and O–H groups in total. The molecule has 1 aromatic rings. The van der Waals surface area contributed by atoms with E-state index < -0.39 is 0 Å². The molecule has 3 heteroatoms. The van der Waals surface area contributed by atoms with Gasteiger partial charge in [-0.05, 0) is 30.7 Å². The predicted molar refractivity (Wildman–Crippen MR) is 72.2 cm³/mol. The van der Waals surface area contributed by atoms with E-state index in [0.717, 1.165) is 38.4 Å². The van der Waals surface area contributed by atoms with Gasteiger partial charge < -0.3 is 10.5 Å². The average Bonchev–Trinajstić information content (AvgIpc) is 2.37. The van der Waals surface area contributed by atoms with E-state index in [-0.39, 0.29) is 0 Å². The van der Waals surface area contributed by atoms with Crippen molar-refractivity contribution in [2.45, 2.75) is 26.8 Å². The van der Waals surface area contributed by atoms with E-state index in [0.29, 0.717) is 6.54 Å². The summed E-state index contributed by atoms with van der Waals surface area (Å²) in [6.45, 7) is 8.71. The quantitative estimate of drug-likeness (QED) is 0.752. The lowest BCUT2D eigenvalue weighted by Gasteiger charge is -2.19. The van der Waals surface area contributed by atoms with Crippen LogP contribution in [0.5, 0.6) is 5.75 Å². The van der Waals surface area contributed by atoms with E-state index in [9.17, 15) is 0 Å². The van der Waals surface area contributed by atoms with Crippen LogP contribution >= 0.6 is 0 Å². The summed E-state index contributed by atoms with van der Waals surface area (Å²) < 4.78 is 5.56. The molecule has 0 heterocycles. The van der Waals surface area contributed by atoms with Crippen molar-refractivity contribution in [1.29, 1.82) is 0 Å². The summed E-state index contributed by atoms with van der Waals surface area (Å²) in [6, 6.07) is 8.34. The van der Waals surface area contributed by atoms with Crippen LogP contribution in [-0.4, -0.2) is 31.1 Å². The fraction of sp³-hybridized carbons (Fsp3) is 0.571. The molecule has 0 aromatic heterocycles. The van der Waals surface area contributed by atoms with Crippen molar-refractivity contribution in [2.24, 2.45) is 5.73 Å².